The highest BCUT2D eigenvalue weighted by molar-refractivity contribution is 5.74. The Hall–Kier alpha value is -1.18. The second-order valence-electron chi connectivity index (χ2n) is 9.25. The Morgan fingerprint density at radius 1 is 0.758 bits per heavy atom. The fourth-order valence-corrected chi connectivity index (χ4v) is 3.57. The molecule has 10 N–H and O–H groups in total. The fraction of sp³-hybridized carbons (Fsp3) is 0.923. The normalized spacial score (nSPS) is 12.9. The lowest BCUT2D eigenvalue weighted by atomic mass is 9.87. The first-order chi connectivity index (χ1) is 14.7. The van der Waals surface area contributed by atoms with E-state index in [1.165, 1.54) is 90.4 Å². The Morgan fingerprint density at radius 3 is 1.36 bits per heavy atom. The molecule has 0 amide bonds. The van der Waals surface area contributed by atoms with Gasteiger partial charge in [-0.3, -0.25) is 0 Å². The third-order valence-corrected chi connectivity index (χ3v) is 6.10. The molecule has 0 saturated carbocycles. The summed E-state index contributed by atoms with van der Waals surface area (Å²) < 4.78 is 0. The van der Waals surface area contributed by atoms with Crippen LogP contribution in [-0.4, -0.2) is 22.6 Å². The average molecular weight is 478 g/mol. The van der Waals surface area contributed by atoms with Gasteiger partial charge in [-0.1, -0.05) is 117 Å². The first-order valence-corrected chi connectivity index (χ1v) is 12.9. The number of quaternary nitrogens is 2. The van der Waals surface area contributed by atoms with Crippen LogP contribution in [0.25, 0.3) is 0 Å². The lowest BCUT2D eigenvalue weighted by Gasteiger charge is -2.30. The minimum absolute atomic E-state index is 0. The molecule has 7 heteroatoms. The number of unbranched alkanes of at least 4 members (excludes halogenated alkanes) is 14. The Bertz CT molecular complexity index is 432. The molecule has 0 aromatic carbocycles. The SMILES string of the molecule is CCCC(C)C(C)(O)C(=O)[O-].CCCCCCCCCCCCCCCCCC(=N)[O-].[NH4+].[NH4+]. The lowest BCUT2D eigenvalue weighted by molar-refractivity contribution is -0.326. The van der Waals surface area contributed by atoms with E-state index in [0.717, 1.165) is 19.3 Å². The molecule has 33 heavy (non-hydrogen) atoms. The van der Waals surface area contributed by atoms with Crippen LogP contribution in [0.2, 0.25) is 0 Å². The van der Waals surface area contributed by atoms with Gasteiger partial charge in [0.1, 0.15) is 5.60 Å². The molecule has 7 nitrogen and oxygen atoms in total. The van der Waals surface area contributed by atoms with Crippen molar-refractivity contribution < 1.29 is 20.1 Å². The van der Waals surface area contributed by atoms with Crippen LogP contribution in [0.1, 0.15) is 143 Å². The number of carbonyl (C=O) groups is 1. The van der Waals surface area contributed by atoms with E-state index < -0.39 is 17.5 Å². The molecule has 0 aliphatic carbocycles. The predicted octanol–water partition coefficient (Wildman–Crippen LogP) is 6.26. The molecule has 0 aliphatic rings. The Morgan fingerprint density at radius 2 is 1.09 bits per heavy atom. The first kappa shape index (κ1) is 39.1. The van der Waals surface area contributed by atoms with Gasteiger partial charge >= 0.3 is 0 Å². The van der Waals surface area contributed by atoms with E-state index in [1.54, 1.807) is 6.92 Å². The molecule has 0 aromatic heterocycles. The third-order valence-electron chi connectivity index (χ3n) is 6.10. The molecule has 2 unspecified atom stereocenters. The molecule has 0 bridgehead atoms. The largest absolute Gasteiger partial charge is 0.862 e. The number of aliphatic hydroxyl groups is 1. The maximum atomic E-state index is 10.4. The molecule has 2 atom stereocenters. The van der Waals surface area contributed by atoms with Crippen molar-refractivity contribution in [1.29, 1.82) is 5.41 Å². The molecule has 0 rings (SSSR count). The topological polar surface area (TPSA) is 180 Å². The van der Waals surface area contributed by atoms with Crippen LogP contribution in [0.5, 0.6) is 0 Å². The van der Waals surface area contributed by atoms with Crippen LogP contribution < -0.4 is 22.5 Å². The number of carbonyl (C=O) groups excluding carboxylic acids is 1. The number of aliphatic carboxylic acids is 1. The van der Waals surface area contributed by atoms with Crippen molar-refractivity contribution in [2.75, 3.05) is 0 Å². The van der Waals surface area contributed by atoms with Crippen LogP contribution in [0, 0.1) is 11.3 Å². The van der Waals surface area contributed by atoms with E-state index in [9.17, 15) is 20.1 Å². The van der Waals surface area contributed by atoms with Crippen molar-refractivity contribution in [1.82, 2.24) is 12.3 Å². The Labute approximate surface area is 204 Å². The van der Waals surface area contributed by atoms with E-state index in [-0.39, 0.29) is 18.2 Å². The van der Waals surface area contributed by atoms with Gasteiger partial charge in [-0.25, -0.2) is 0 Å². The smallest absolute Gasteiger partial charge is 0.104 e. The molecule has 0 aliphatic heterocycles. The summed E-state index contributed by atoms with van der Waals surface area (Å²) in [7, 11) is 0. The van der Waals surface area contributed by atoms with Crippen LogP contribution in [-0.2, 0) is 4.79 Å². The van der Waals surface area contributed by atoms with Gasteiger partial charge in [-0.05, 0) is 38.0 Å². The summed E-state index contributed by atoms with van der Waals surface area (Å²) in [6, 6.07) is 0. The highest BCUT2D eigenvalue weighted by Gasteiger charge is 2.28. The summed E-state index contributed by atoms with van der Waals surface area (Å²) in [5, 5.41) is 37.0. The molecule has 0 radical (unpaired) electrons. The molecule has 0 saturated heterocycles. The van der Waals surface area contributed by atoms with Gasteiger partial charge in [0.2, 0.25) is 0 Å². The average Bonchev–Trinajstić information content (AvgIpc) is 2.71. The quantitative estimate of drug-likeness (QED) is 0.0917. The number of carboxylic acids is 1. The van der Waals surface area contributed by atoms with Crippen LogP contribution >= 0.6 is 0 Å². The van der Waals surface area contributed by atoms with Crippen molar-refractivity contribution >= 4 is 11.9 Å². The zero-order valence-corrected chi connectivity index (χ0v) is 23.0. The molecule has 202 valence electrons. The van der Waals surface area contributed by atoms with Crippen molar-refractivity contribution in [2.24, 2.45) is 5.92 Å². The zero-order valence-electron chi connectivity index (χ0n) is 23.0. The van der Waals surface area contributed by atoms with E-state index in [1.807, 2.05) is 6.92 Å². The molecule has 0 spiro atoms. The fourth-order valence-electron chi connectivity index (χ4n) is 3.57. The maximum absolute atomic E-state index is 10.4. The second-order valence-corrected chi connectivity index (χ2v) is 9.25. The van der Waals surface area contributed by atoms with Gasteiger partial charge < -0.3 is 37.8 Å². The monoisotopic (exact) mass is 477 g/mol. The number of nitrogens with one attached hydrogen (secondary N) is 1. The summed E-state index contributed by atoms with van der Waals surface area (Å²) in [6.45, 7) is 7.21. The first-order valence-electron chi connectivity index (χ1n) is 12.9. The highest BCUT2D eigenvalue weighted by atomic mass is 16.4. The van der Waals surface area contributed by atoms with Crippen molar-refractivity contribution in [3.63, 3.8) is 0 Å². The second kappa shape index (κ2) is 27.1. The van der Waals surface area contributed by atoms with E-state index in [0.29, 0.717) is 12.8 Å². The number of hydrogen-bond donors (Lipinski definition) is 4. The zero-order chi connectivity index (χ0) is 24.0. The maximum Gasteiger partial charge on any atom is 0.104 e. The Kier molecular flexibility index (Phi) is 32.0. The number of rotatable bonds is 20. The number of hydrogen-bond acceptors (Lipinski definition) is 5. The van der Waals surface area contributed by atoms with E-state index in [4.69, 9.17) is 5.41 Å². The van der Waals surface area contributed by atoms with Crippen molar-refractivity contribution in [2.45, 2.75) is 149 Å². The molecular weight excluding hydrogens is 418 g/mol. The highest BCUT2D eigenvalue weighted by Crippen LogP contribution is 2.20. The summed E-state index contributed by atoms with van der Waals surface area (Å²) in [6.07, 6.45) is 22.1. The summed E-state index contributed by atoms with van der Waals surface area (Å²) >= 11 is 0. The molecular formula is C26H59N3O4. The molecule has 0 aromatic rings. The van der Waals surface area contributed by atoms with Gasteiger partial charge in [0.15, 0.2) is 0 Å². The summed E-state index contributed by atoms with van der Waals surface area (Å²) in [5.41, 5.74) is -1.68. The van der Waals surface area contributed by atoms with E-state index in [2.05, 4.69) is 6.92 Å². The lowest BCUT2D eigenvalue weighted by Crippen LogP contribution is -2.50. The van der Waals surface area contributed by atoms with E-state index >= 15 is 0 Å². The minimum atomic E-state index is -1.68. The van der Waals surface area contributed by atoms with Crippen LogP contribution in [0.4, 0.5) is 0 Å². The van der Waals surface area contributed by atoms with Crippen LogP contribution in [0.15, 0.2) is 0 Å². The molecule has 0 fully saturated rings. The molecule has 0 heterocycles. The minimum Gasteiger partial charge on any atom is -0.862 e. The Balaban J connectivity index is -0.000000278. The predicted molar refractivity (Wildman–Crippen MR) is 139 cm³/mol. The standard InChI is InChI=1S/C18H37NO.C8H16O3.2H3N/c1-2-3-4-5-6-7-8-9-10-11-12-13-14-15-16-17-18(19)20;1-4-5-6(2)8(3,11)7(9)10;;/h2-17H2,1H3,(H2,19,20);6,11H,4-5H2,1-3H3,(H,9,10);2*1H3. The third kappa shape index (κ3) is 26.9. The van der Waals surface area contributed by atoms with Crippen molar-refractivity contribution in [3.05, 3.63) is 0 Å². The van der Waals surface area contributed by atoms with Gasteiger partial charge in [0.25, 0.3) is 0 Å². The van der Waals surface area contributed by atoms with Crippen molar-refractivity contribution in [3.8, 4) is 0 Å². The van der Waals surface area contributed by atoms with Gasteiger partial charge in [-0.15, -0.1) is 0 Å². The number of carboxylic acid groups (broad SMARTS) is 1. The summed E-state index contributed by atoms with van der Waals surface area (Å²) in [4.78, 5) is 10.4. The van der Waals surface area contributed by atoms with Gasteiger partial charge in [0, 0.05) is 0 Å². The van der Waals surface area contributed by atoms with Crippen LogP contribution in [0.3, 0.4) is 0 Å². The van der Waals surface area contributed by atoms with Gasteiger partial charge in [0.05, 0.1) is 5.97 Å². The summed E-state index contributed by atoms with van der Waals surface area (Å²) in [5.74, 6) is -2.05. The van der Waals surface area contributed by atoms with Gasteiger partial charge in [-0.2, -0.15) is 0 Å².